The molecule has 0 aromatic heterocycles. The maximum atomic E-state index is 12.5. The SMILES string of the molecule is C=C1CC[C@@]2(O)C3Cc4ccc(OOC(=O)OCCCCCCCCCCCC)c5c4[C@@]2(CCN3CC2CC2)[C@H]1O5. The number of hydrogen-bond donors (Lipinski definition) is 1. The first-order valence-electron chi connectivity index (χ1n) is 16.5. The minimum atomic E-state index is -0.877. The summed E-state index contributed by atoms with van der Waals surface area (Å²) in [6, 6.07) is 3.97. The second-order valence-electron chi connectivity index (χ2n) is 13.3. The number of piperidine rings is 1. The van der Waals surface area contributed by atoms with E-state index in [4.69, 9.17) is 19.2 Å². The molecule has 5 aliphatic rings. The number of ether oxygens (including phenoxy) is 2. The van der Waals surface area contributed by atoms with Gasteiger partial charge in [0, 0.05) is 18.2 Å². The van der Waals surface area contributed by atoms with Crippen LogP contribution in [0.3, 0.4) is 0 Å². The average Bonchev–Trinajstić information content (AvgIpc) is 3.71. The van der Waals surface area contributed by atoms with Crippen molar-refractivity contribution >= 4 is 6.16 Å². The van der Waals surface area contributed by atoms with Gasteiger partial charge in [0.1, 0.15) is 6.10 Å². The normalized spacial score (nSPS) is 29.6. The molecule has 0 radical (unpaired) electrons. The zero-order valence-corrected chi connectivity index (χ0v) is 25.0. The van der Waals surface area contributed by atoms with Crippen molar-refractivity contribution in [2.75, 3.05) is 19.7 Å². The third-order valence-electron chi connectivity index (χ3n) is 10.6. The Balaban J connectivity index is 1.04. The summed E-state index contributed by atoms with van der Waals surface area (Å²) in [4.78, 5) is 25.5. The molecule has 3 fully saturated rings. The molecule has 0 amide bonds. The summed E-state index contributed by atoms with van der Waals surface area (Å²) < 4.78 is 11.8. The summed E-state index contributed by atoms with van der Waals surface area (Å²) in [5, 5.41) is 12.5. The van der Waals surface area contributed by atoms with Crippen molar-refractivity contribution < 1.29 is 29.1 Å². The Labute approximate surface area is 245 Å². The topological polar surface area (TPSA) is 77.5 Å². The molecule has 226 valence electrons. The number of rotatable bonds is 15. The van der Waals surface area contributed by atoms with Crippen molar-refractivity contribution in [2.24, 2.45) is 5.92 Å². The second kappa shape index (κ2) is 12.2. The van der Waals surface area contributed by atoms with Gasteiger partial charge >= 0.3 is 6.16 Å². The van der Waals surface area contributed by atoms with Gasteiger partial charge in [-0.25, -0.2) is 4.89 Å². The Morgan fingerprint density at radius 3 is 2.54 bits per heavy atom. The Kier molecular flexibility index (Phi) is 8.56. The molecule has 2 saturated carbocycles. The number of hydrogen-bond acceptors (Lipinski definition) is 7. The smallest absolute Gasteiger partial charge is 0.481 e. The predicted octanol–water partition coefficient (Wildman–Crippen LogP) is 7.17. The molecule has 41 heavy (non-hydrogen) atoms. The minimum absolute atomic E-state index is 0.0818. The van der Waals surface area contributed by atoms with E-state index in [2.05, 4.69) is 24.5 Å². The van der Waals surface area contributed by atoms with Crippen molar-refractivity contribution in [3.63, 3.8) is 0 Å². The van der Waals surface area contributed by atoms with Gasteiger partial charge < -0.3 is 14.6 Å². The molecule has 1 unspecified atom stereocenters. The van der Waals surface area contributed by atoms with Gasteiger partial charge in [-0.05, 0) is 74.6 Å². The maximum Gasteiger partial charge on any atom is 0.549 e. The number of carbonyl (C=O) groups is 1. The van der Waals surface area contributed by atoms with Gasteiger partial charge in [-0.1, -0.05) is 77.4 Å². The molecule has 2 aliphatic heterocycles. The summed E-state index contributed by atoms with van der Waals surface area (Å²) in [6.07, 6.45) is 16.7. The fourth-order valence-electron chi connectivity index (χ4n) is 8.30. The Morgan fingerprint density at radius 1 is 1.07 bits per heavy atom. The van der Waals surface area contributed by atoms with Gasteiger partial charge in [-0.2, -0.15) is 4.79 Å². The van der Waals surface area contributed by atoms with Crippen LogP contribution in [0.2, 0.25) is 0 Å². The molecule has 1 spiro atoms. The highest BCUT2D eigenvalue weighted by Crippen LogP contribution is 2.66. The summed E-state index contributed by atoms with van der Waals surface area (Å²) >= 11 is 0. The Hall–Kier alpha value is -2.25. The number of unbranched alkanes of at least 4 members (excludes halogenated alkanes) is 9. The van der Waals surface area contributed by atoms with Crippen LogP contribution in [0.25, 0.3) is 0 Å². The van der Waals surface area contributed by atoms with E-state index in [0.29, 0.717) is 24.5 Å². The monoisotopic (exact) mass is 567 g/mol. The van der Waals surface area contributed by atoms with E-state index in [-0.39, 0.29) is 12.1 Å². The molecule has 1 N–H and O–H groups in total. The van der Waals surface area contributed by atoms with Crippen LogP contribution < -0.4 is 9.62 Å². The van der Waals surface area contributed by atoms with Crippen LogP contribution in [0.1, 0.15) is 114 Å². The molecule has 7 nitrogen and oxygen atoms in total. The van der Waals surface area contributed by atoms with E-state index in [1.54, 1.807) is 0 Å². The van der Waals surface area contributed by atoms with Gasteiger partial charge in [0.25, 0.3) is 0 Å². The number of nitrogens with zero attached hydrogens (tertiary/aromatic N) is 1. The molecular formula is C34H49NO6. The van der Waals surface area contributed by atoms with Gasteiger partial charge in [0.2, 0.25) is 5.75 Å². The summed E-state index contributed by atoms with van der Waals surface area (Å²) in [6.45, 7) is 8.96. The van der Waals surface area contributed by atoms with Gasteiger partial charge in [-0.15, -0.1) is 0 Å². The molecule has 2 bridgehead atoms. The lowest BCUT2D eigenvalue weighted by Gasteiger charge is -2.63. The molecule has 3 aliphatic carbocycles. The number of benzene rings is 1. The lowest BCUT2D eigenvalue weighted by molar-refractivity contribution is -0.175. The summed E-state index contributed by atoms with van der Waals surface area (Å²) in [5.74, 6) is 1.72. The molecule has 2 heterocycles. The number of aliphatic hydroxyl groups is 1. The highest BCUT2D eigenvalue weighted by Gasteiger charge is 2.72. The molecule has 1 saturated heterocycles. The van der Waals surface area contributed by atoms with E-state index < -0.39 is 17.2 Å². The quantitative estimate of drug-likeness (QED) is 0.0791. The largest absolute Gasteiger partial charge is 0.549 e. The van der Waals surface area contributed by atoms with E-state index in [9.17, 15) is 9.90 Å². The molecule has 7 heteroatoms. The number of likely N-dealkylation sites (tertiary alicyclic amines) is 1. The van der Waals surface area contributed by atoms with Crippen LogP contribution in [0.15, 0.2) is 24.3 Å². The highest BCUT2D eigenvalue weighted by molar-refractivity contribution is 5.65. The zero-order chi connectivity index (χ0) is 28.5. The standard InChI is InChI=1S/C34H49NO6/c1-3-4-5-6-7-8-9-10-11-12-21-38-32(36)41-40-27-16-15-26-22-28-34(37)18-17-24(2)31-33(34,29(26)30(27)39-31)19-20-35(28)23-25-13-14-25/h15-16,25,28,31,37H,2-14,17-23H2,1H3/t28?,31-,33-,34+/m0/s1. The Bertz CT molecular complexity index is 1120. The van der Waals surface area contributed by atoms with Crippen LogP contribution in [0.5, 0.6) is 11.5 Å². The maximum absolute atomic E-state index is 12.5. The van der Waals surface area contributed by atoms with Crippen molar-refractivity contribution in [3.05, 3.63) is 35.4 Å². The van der Waals surface area contributed by atoms with Gasteiger partial charge in [0.15, 0.2) is 5.75 Å². The van der Waals surface area contributed by atoms with Crippen LogP contribution in [-0.2, 0) is 21.5 Å². The molecular weight excluding hydrogens is 518 g/mol. The molecule has 1 aromatic carbocycles. The van der Waals surface area contributed by atoms with Crippen LogP contribution >= 0.6 is 0 Å². The first-order valence-corrected chi connectivity index (χ1v) is 16.5. The minimum Gasteiger partial charge on any atom is -0.481 e. The fraction of sp³-hybridized carbons (Fsp3) is 0.735. The van der Waals surface area contributed by atoms with Gasteiger partial charge in [0.05, 0.1) is 17.6 Å². The van der Waals surface area contributed by atoms with E-state index >= 15 is 0 Å². The predicted molar refractivity (Wildman–Crippen MR) is 157 cm³/mol. The van der Waals surface area contributed by atoms with E-state index in [1.165, 1.54) is 63.4 Å². The van der Waals surface area contributed by atoms with Crippen molar-refractivity contribution in [1.29, 1.82) is 0 Å². The van der Waals surface area contributed by atoms with Crippen LogP contribution in [-0.4, -0.2) is 53.6 Å². The summed E-state index contributed by atoms with van der Waals surface area (Å²) in [5.41, 5.74) is 1.84. The fourth-order valence-corrected chi connectivity index (χ4v) is 8.30. The molecule has 4 atom stereocenters. The molecule has 1 aromatic rings. The van der Waals surface area contributed by atoms with Crippen LogP contribution in [0.4, 0.5) is 4.79 Å². The third-order valence-corrected chi connectivity index (χ3v) is 10.6. The highest BCUT2D eigenvalue weighted by atomic mass is 17.2. The van der Waals surface area contributed by atoms with Gasteiger partial charge in [-0.3, -0.25) is 9.79 Å². The van der Waals surface area contributed by atoms with Crippen molar-refractivity contribution in [2.45, 2.75) is 133 Å². The summed E-state index contributed by atoms with van der Waals surface area (Å²) in [7, 11) is 0. The first kappa shape index (κ1) is 28.9. The average molecular weight is 568 g/mol. The lowest BCUT2D eigenvalue weighted by atomic mass is 9.48. The van der Waals surface area contributed by atoms with E-state index in [1.807, 2.05) is 6.07 Å². The second-order valence-corrected chi connectivity index (χ2v) is 13.3. The van der Waals surface area contributed by atoms with Crippen LogP contribution in [0, 0.1) is 5.92 Å². The number of carbonyl (C=O) groups excluding carboxylic acids is 1. The zero-order valence-electron chi connectivity index (χ0n) is 25.0. The Morgan fingerprint density at radius 2 is 1.80 bits per heavy atom. The van der Waals surface area contributed by atoms with E-state index in [0.717, 1.165) is 68.7 Å². The van der Waals surface area contributed by atoms with Crippen molar-refractivity contribution in [1.82, 2.24) is 4.90 Å². The lowest BCUT2D eigenvalue weighted by Crippen LogP contribution is -2.75. The third kappa shape index (κ3) is 5.37. The molecule has 6 rings (SSSR count). The van der Waals surface area contributed by atoms with Crippen molar-refractivity contribution in [3.8, 4) is 11.5 Å². The first-order chi connectivity index (χ1) is 20.0.